The van der Waals surface area contributed by atoms with Crippen molar-refractivity contribution in [3.63, 3.8) is 0 Å². The Morgan fingerprint density at radius 2 is 1.81 bits per heavy atom. The quantitative estimate of drug-likeness (QED) is 0.474. The summed E-state index contributed by atoms with van der Waals surface area (Å²) < 4.78 is 0. The van der Waals surface area contributed by atoms with Gasteiger partial charge < -0.3 is 5.11 Å². The van der Waals surface area contributed by atoms with E-state index < -0.39 is 11.9 Å². The summed E-state index contributed by atoms with van der Waals surface area (Å²) in [6, 6.07) is 14.8. The topological polar surface area (TPSA) is 107 Å². The zero-order valence-corrected chi connectivity index (χ0v) is 14.1. The first-order chi connectivity index (χ1) is 12.5. The van der Waals surface area contributed by atoms with E-state index in [2.05, 4.69) is 20.7 Å². The van der Waals surface area contributed by atoms with E-state index in [1.165, 1.54) is 18.3 Å². The van der Waals surface area contributed by atoms with Crippen molar-refractivity contribution in [1.82, 2.24) is 15.6 Å². The number of aromatic nitrogens is 2. The first-order valence-corrected chi connectivity index (χ1v) is 7.89. The highest BCUT2D eigenvalue weighted by Gasteiger charge is 2.10. The SMILES string of the molecule is O=C(O)c1ccc(/C=N/NC(=O)c2cc(-c3ccc(Cl)cc3)n[nH]2)cc1. The molecule has 0 aliphatic carbocycles. The Morgan fingerprint density at radius 1 is 1.12 bits per heavy atom. The Hall–Kier alpha value is -3.45. The van der Waals surface area contributed by atoms with Crippen LogP contribution in [0.2, 0.25) is 5.02 Å². The number of amides is 1. The molecule has 3 aromatic rings. The molecule has 0 saturated carbocycles. The number of nitrogens with zero attached hydrogens (tertiary/aromatic N) is 2. The van der Waals surface area contributed by atoms with Crippen LogP contribution >= 0.6 is 11.6 Å². The van der Waals surface area contributed by atoms with Crippen molar-refractivity contribution in [2.45, 2.75) is 0 Å². The summed E-state index contributed by atoms with van der Waals surface area (Å²) in [5.41, 5.74) is 4.91. The predicted octanol–water partition coefficient (Wildman–Crippen LogP) is 3.19. The molecule has 1 heterocycles. The summed E-state index contributed by atoms with van der Waals surface area (Å²) in [5.74, 6) is -1.45. The second-order valence-corrected chi connectivity index (χ2v) is 5.74. The monoisotopic (exact) mass is 368 g/mol. The van der Waals surface area contributed by atoms with Crippen molar-refractivity contribution in [2.75, 3.05) is 0 Å². The summed E-state index contributed by atoms with van der Waals surface area (Å²) in [6.07, 6.45) is 1.42. The highest BCUT2D eigenvalue weighted by Crippen LogP contribution is 2.20. The maximum Gasteiger partial charge on any atom is 0.335 e. The number of benzene rings is 2. The van der Waals surface area contributed by atoms with Gasteiger partial charge in [-0.15, -0.1) is 0 Å². The molecule has 26 heavy (non-hydrogen) atoms. The fourth-order valence-corrected chi connectivity index (χ4v) is 2.27. The van der Waals surface area contributed by atoms with Crippen molar-refractivity contribution < 1.29 is 14.7 Å². The minimum absolute atomic E-state index is 0.179. The smallest absolute Gasteiger partial charge is 0.335 e. The Bertz CT molecular complexity index is 963. The van der Waals surface area contributed by atoms with Gasteiger partial charge in [0.05, 0.1) is 17.5 Å². The second kappa shape index (κ2) is 7.62. The summed E-state index contributed by atoms with van der Waals surface area (Å²) in [5, 5.41) is 20.1. The lowest BCUT2D eigenvalue weighted by molar-refractivity contribution is 0.0696. The van der Waals surface area contributed by atoms with Gasteiger partial charge in [-0.05, 0) is 35.9 Å². The molecule has 0 aliphatic heterocycles. The van der Waals surface area contributed by atoms with E-state index in [4.69, 9.17) is 16.7 Å². The molecule has 0 unspecified atom stereocenters. The number of aromatic amines is 1. The number of hydrogen-bond acceptors (Lipinski definition) is 4. The van der Waals surface area contributed by atoms with Crippen LogP contribution < -0.4 is 5.43 Å². The Kier molecular flexibility index (Phi) is 5.09. The molecule has 0 bridgehead atoms. The number of aromatic carboxylic acids is 1. The summed E-state index contributed by atoms with van der Waals surface area (Å²) in [6.45, 7) is 0. The fourth-order valence-electron chi connectivity index (χ4n) is 2.14. The van der Waals surface area contributed by atoms with E-state index in [1.54, 1.807) is 42.5 Å². The van der Waals surface area contributed by atoms with Gasteiger partial charge >= 0.3 is 5.97 Å². The van der Waals surface area contributed by atoms with Gasteiger partial charge in [-0.3, -0.25) is 9.89 Å². The van der Waals surface area contributed by atoms with Crippen LogP contribution in [-0.4, -0.2) is 33.4 Å². The number of carbonyl (C=O) groups excluding carboxylic acids is 1. The van der Waals surface area contributed by atoms with Gasteiger partial charge in [0.2, 0.25) is 0 Å². The average Bonchev–Trinajstić information content (AvgIpc) is 3.13. The molecule has 0 atom stereocenters. The van der Waals surface area contributed by atoms with Crippen molar-refractivity contribution in [2.24, 2.45) is 5.10 Å². The number of nitrogens with one attached hydrogen (secondary N) is 2. The van der Waals surface area contributed by atoms with Crippen molar-refractivity contribution in [3.8, 4) is 11.3 Å². The number of halogens is 1. The van der Waals surface area contributed by atoms with E-state index in [-0.39, 0.29) is 11.3 Å². The Morgan fingerprint density at radius 3 is 2.46 bits per heavy atom. The fraction of sp³-hybridized carbons (Fsp3) is 0. The van der Waals surface area contributed by atoms with Crippen LogP contribution in [0, 0.1) is 0 Å². The van der Waals surface area contributed by atoms with E-state index in [0.29, 0.717) is 16.3 Å². The average molecular weight is 369 g/mol. The van der Waals surface area contributed by atoms with Crippen LogP contribution in [0.5, 0.6) is 0 Å². The molecule has 1 aromatic heterocycles. The molecule has 0 spiro atoms. The predicted molar refractivity (Wildman–Crippen MR) is 97.5 cm³/mol. The molecule has 0 radical (unpaired) electrons. The molecule has 8 heteroatoms. The summed E-state index contributed by atoms with van der Waals surface area (Å²) in [7, 11) is 0. The van der Waals surface area contributed by atoms with Crippen molar-refractivity contribution in [3.05, 3.63) is 76.4 Å². The van der Waals surface area contributed by atoms with Crippen LogP contribution in [-0.2, 0) is 0 Å². The van der Waals surface area contributed by atoms with Crippen LogP contribution in [0.3, 0.4) is 0 Å². The molecule has 1 amide bonds. The number of H-pyrrole nitrogens is 1. The number of hydrazone groups is 1. The van der Waals surface area contributed by atoms with Gasteiger partial charge in [0.15, 0.2) is 0 Å². The van der Waals surface area contributed by atoms with Crippen molar-refractivity contribution >= 4 is 29.7 Å². The highest BCUT2D eigenvalue weighted by molar-refractivity contribution is 6.30. The number of hydrogen-bond donors (Lipinski definition) is 3. The maximum atomic E-state index is 12.1. The number of carboxylic acids is 1. The largest absolute Gasteiger partial charge is 0.478 e. The molecule has 0 aliphatic rings. The zero-order chi connectivity index (χ0) is 18.5. The molecular formula is C18H13ClN4O3. The molecular weight excluding hydrogens is 356 g/mol. The van der Waals surface area contributed by atoms with E-state index in [9.17, 15) is 9.59 Å². The van der Waals surface area contributed by atoms with Gasteiger partial charge in [0.25, 0.3) is 5.91 Å². The molecule has 130 valence electrons. The standard InChI is InChI=1S/C18H13ClN4O3/c19-14-7-5-12(6-8-14)15-9-16(22-21-15)17(24)23-20-10-11-1-3-13(4-2-11)18(25)26/h1-10H,(H,21,22)(H,23,24)(H,25,26)/b20-10+. The molecule has 0 fully saturated rings. The third-order valence-electron chi connectivity index (χ3n) is 3.50. The molecule has 3 N–H and O–H groups in total. The third-order valence-corrected chi connectivity index (χ3v) is 3.75. The zero-order valence-electron chi connectivity index (χ0n) is 13.3. The highest BCUT2D eigenvalue weighted by atomic mass is 35.5. The number of carboxylic acid groups (broad SMARTS) is 1. The van der Waals surface area contributed by atoms with Crippen LogP contribution in [0.4, 0.5) is 0 Å². The van der Waals surface area contributed by atoms with E-state index >= 15 is 0 Å². The first kappa shape index (κ1) is 17.4. The second-order valence-electron chi connectivity index (χ2n) is 5.30. The summed E-state index contributed by atoms with van der Waals surface area (Å²) >= 11 is 5.85. The molecule has 0 saturated heterocycles. The van der Waals surface area contributed by atoms with E-state index in [0.717, 1.165) is 5.56 Å². The van der Waals surface area contributed by atoms with Crippen LogP contribution in [0.15, 0.2) is 59.7 Å². The van der Waals surface area contributed by atoms with Crippen molar-refractivity contribution in [1.29, 1.82) is 0 Å². The van der Waals surface area contributed by atoms with E-state index in [1.807, 2.05) is 0 Å². The maximum absolute atomic E-state index is 12.1. The van der Waals surface area contributed by atoms with Crippen LogP contribution in [0.1, 0.15) is 26.4 Å². The van der Waals surface area contributed by atoms with Gasteiger partial charge in [-0.2, -0.15) is 10.2 Å². The van der Waals surface area contributed by atoms with Gasteiger partial charge in [0, 0.05) is 10.6 Å². The van der Waals surface area contributed by atoms with Gasteiger partial charge in [0.1, 0.15) is 5.69 Å². The number of rotatable bonds is 5. The lowest BCUT2D eigenvalue weighted by atomic mass is 10.1. The molecule has 2 aromatic carbocycles. The van der Waals surface area contributed by atoms with Gasteiger partial charge in [-0.25, -0.2) is 10.2 Å². The molecule has 7 nitrogen and oxygen atoms in total. The Labute approximate surface area is 153 Å². The molecule has 3 rings (SSSR count). The first-order valence-electron chi connectivity index (χ1n) is 7.51. The lowest BCUT2D eigenvalue weighted by Gasteiger charge is -1.97. The number of carbonyl (C=O) groups is 2. The third kappa shape index (κ3) is 4.14. The minimum Gasteiger partial charge on any atom is -0.478 e. The van der Waals surface area contributed by atoms with Gasteiger partial charge in [-0.1, -0.05) is 35.9 Å². The lowest BCUT2D eigenvalue weighted by Crippen LogP contribution is -2.18. The minimum atomic E-state index is -1.00. The Balaban J connectivity index is 1.63. The summed E-state index contributed by atoms with van der Waals surface area (Å²) in [4.78, 5) is 22.9. The normalized spacial score (nSPS) is 10.8. The van der Waals surface area contributed by atoms with Crippen LogP contribution in [0.25, 0.3) is 11.3 Å².